The van der Waals surface area contributed by atoms with Gasteiger partial charge in [-0.25, -0.2) is 0 Å². The Balaban J connectivity index is 0. The van der Waals surface area contributed by atoms with E-state index in [0.29, 0.717) is 0 Å². The van der Waals surface area contributed by atoms with Crippen molar-refractivity contribution in [3.05, 3.63) is 0 Å². The number of rotatable bonds is 0. The van der Waals surface area contributed by atoms with E-state index < -0.39 is 12.7 Å². The van der Waals surface area contributed by atoms with E-state index >= 15 is 0 Å². The van der Waals surface area contributed by atoms with Crippen LogP contribution < -0.4 is 0 Å². The van der Waals surface area contributed by atoms with Crippen LogP contribution in [0.1, 0.15) is 0 Å². The van der Waals surface area contributed by atoms with E-state index in [1.165, 1.54) is 0 Å². The molecule has 0 amide bonds. The molecule has 0 aliphatic carbocycles. The van der Waals surface area contributed by atoms with Gasteiger partial charge in [0.1, 0.15) is 0 Å². The highest BCUT2D eigenvalue weighted by atomic mass is 36.0. The van der Waals surface area contributed by atoms with Crippen LogP contribution in [-0.2, 0) is 0 Å². The van der Waals surface area contributed by atoms with Crippen LogP contribution in [0.3, 0.4) is 0 Å². The molecule has 0 saturated carbocycles. The summed E-state index contributed by atoms with van der Waals surface area (Å²) in [6.07, 6.45) is 0. The van der Waals surface area contributed by atoms with E-state index in [4.69, 9.17) is 66.5 Å². The molecule has 0 radical (unpaired) electrons. The van der Waals surface area contributed by atoms with E-state index in [1.54, 1.807) is 0 Å². The molecule has 0 nitrogen and oxygen atoms in total. The first-order valence-electron chi connectivity index (χ1n) is 1.77. The van der Waals surface area contributed by atoms with E-state index in [2.05, 4.69) is 0 Å². The molecule has 58 valence electrons. The van der Waals surface area contributed by atoms with Gasteiger partial charge in [-0.1, -0.05) is 0 Å². The first kappa shape index (κ1) is 13.7. The van der Waals surface area contributed by atoms with Crippen LogP contribution in [0, 0.1) is 0 Å². The summed E-state index contributed by atoms with van der Waals surface area (Å²) in [6.45, 7) is 1.84. The Morgan fingerprint density at radius 1 is 1.00 bits per heavy atom. The predicted octanol–water partition coefficient (Wildman–Crippen LogP) is 3.69. The molecule has 9 heavy (non-hydrogen) atoms. The summed E-state index contributed by atoms with van der Waals surface area (Å²) >= 11 is 30.2. The summed E-state index contributed by atoms with van der Waals surface area (Å²) < 4.78 is 0. The van der Waals surface area contributed by atoms with Gasteiger partial charge in [0.05, 0.1) is 0 Å². The van der Waals surface area contributed by atoms with Gasteiger partial charge in [-0.2, -0.15) is 22.2 Å². The minimum absolute atomic E-state index is 1.19. The highest BCUT2D eigenvalue weighted by molar-refractivity contribution is 7.81. The molecule has 0 unspecified atom stereocenters. The first-order chi connectivity index (χ1) is 3.73. The van der Waals surface area contributed by atoms with Gasteiger partial charge >= 0.3 is 5.31 Å². The molecular formula is CH4Cl6Si2. The second-order valence-electron chi connectivity index (χ2n) is 0.947. The summed E-state index contributed by atoms with van der Waals surface area (Å²) in [5.41, 5.74) is 0. The van der Waals surface area contributed by atoms with Crippen molar-refractivity contribution in [1.29, 1.82) is 0 Å². The van der Waals surface area contributed by atoms with E-state index in [-0.39, 0.29) is 0 Å². The van der Waals surface area contributed by atoms with Crippen LogP contribution in [0.2, 0.25) is 6.55 Å². The van der Waals surface area contributed by atoms with Crippen LogP contribution in [-0.4, -0.2) is 12.7 Å². The standard InChI is InChI=1S/CH4Cl2Si.Cl4Si/c1-4(2)3;1-5(2,3)4/h4H,1H3;. The van der Waals surface area contributed by atoms with E-state index in [0.717, 1.165) is 0 Å². The molecular weight excluding hydrogens is 281 g/mol. The minimum Gasteiger partial charge on any atom is -0.151 e. The summed E-state index contributed by atoms with van der Waals surface area (Å²) in [7, 11) is -1.19. The topological polar surface area (TPSA) is 0 Å². The summed E-state index contributed by atoms with van der Waals surface area (Å²) in [6, 6.07) is 0. The van der Waals surface area contributed by atoms with E-state index in [9.17, 15) is 0 Å². The predicted molar refractivity (Wildman–Crippen MR) is 53.9 cm³/mol. The molecule has 0 atom stereocenters. The quantitative estimate of drug-likeness (QED) is 0.470. The molecule has 0 aliphatic rings. The van der Waals surface area contributed by atoms with Crippen LogP contribution in [0.5, 0.6) is 0 Å². The molecule has 0 aromatic carbocycles. The molecule has 0 spiro atoms. The second kappa shape index (κ2) is 6.86. The second-order valence-corrected chi connectivity index (χ2v) is 17.7. The zero-order chi connectivity index (χ0) is 8.08. The SMILES string of the molecule is C[SiH](Cl)Cl.Cl[Si](Cl)(Cl)Cl. The molecule has 0 rings (SSSR count). The van der Waals surface area contributed by atoms with Crippen molar-refractivity contribution in [2.75, 3.05) is 0 Å². The highest BCUT2D eigenvalue weighted by Gasteiger charge is 2.19. The molecule has 0 heterocycles. The number of halogens is 6. The Labute approximate surface area is 85.2 Å². The Hall–Kier alpha value is 2.17. The monoisotopic (exact) mass is 282 g/mol. The molecule has 0 N–H and O–H groups in total. The molecule has 0 aromatic rings. The molecule has 0 bridgehead atoms. The summed E-state index contributed by atoms with van der Waals surface area (Å²) in [5, 5.41) is -2.72. The third kappa shape index (κ3) is 144. The van der Waals surface area contributed by atoms with Gasteiger partial charge in [-0.05, 0) is 6.55 Å². The van der Waals surface area contributed by atoms with Gasteiger partial charge in [-0.3, -0.25) is 0 Å². The molecule has 0 saturated heterocycles. The summed E-state index contributed by atoms with van der Waals surface area (Å²) in [5.74, 6) is 0. The average molecular weight is 285 g/mol. The normalized spacial score (nSPS) is 10.7. The van der Waals surface area contributed by atoms with Crippen molar-refractivity contribution >= 4 is 79.2 Å². The van der Waals surface area contributed by atoms with Gasteiger partial charge in [0.25, 0.3) is 0 Å². The molecule has 0 fully saturated rings. The van der Waals surface area contributed by atoms with Crippen molar-refractivity contribution in [2.24, 2.45) is 0 Å². The lowest BCUT2D eigenvalue weighted by molar-refractivity contribution is 2.34. The van der Waals surface area contributed by atoms with Crippen molar-refractivity contribution in [1.82, 2.24) is 0 Å². The zero-order valence-electron chi connectivity index (χ0n) is 4.35. The fourth-order valence-corrected chi connectivity index (χ4v) is 0. The Morgan fingerprint density at radius 3 is 1.00 bits per heavy atom. The fraction of sp³-hybridized carbons (Fsp3) is 1.00. The van der Waals surface area contributed by atoms with Crippen LogP contribution in [0.15, 0.2) is 0 Å². The van der Waals surface area contributed by atoms with Crippen molar-refractivity contribution in [3.8, 4) is 0 Å². The fourth-order valence-electron chi connectivity index (χ4n) is 0. The Kier molecular flexibility index (Phi) is 10.5. The Bertz CT molecular complexity index is 47.8. The van der Waals surface area contributed by atoms with Crippen molar-refractivity contribution in [3.63, 3.8) is 0 Å². The molecule has 8 heteroatoms. The van der Waals surface area contributed by atoms with Crippen LogP contribution >= 0.6 is 66.5 Å². The van der Waals surface area contributed by atoms with Gasteiger partial charge in [0, 0.05) is 0 Å². The van der Waals surface area contributed by atoms with Gasteiger partial charge < -0.3 is 0 Å². The Morgan fingerprint density at radius 2 is 1.00 bits per heavy atom. The smallest absolute Gasteiger partial charge is 0.151 e. The maximum Gasteiger partial charge on any atom is 0.440 e. The zero-order valence-corrected chi connectivity index (χ0v) is 11.0. The highest BCUT2D eigenvalue weighted by Crippen LogP contribution is 2.23. The third-order valence-electron chi connectivity index (χ3n) is 0. The maximum atomic E-state index is 5.18. The average Bonchev–Trinajstić information content (AvgIpc) is 1.19. The largest absolute Gasteiger partial charge is 0.440 e. The number of hydrogen-bond donors (Lipinski definition) is 0. The summed E-state index contributed by atoms with van der Waals surface area (Å²) in [4.78, 5) is 0. The van der Waals surface area contributed by atoms with Crippen LogP contribution in [0.4, 0.5) is 0 Å². The third-order valence-corrected chi connectivity index (χ3v) is 0. The molecule has 0 aromatic heterocycles. The van der Waals surface area contributed by atoms with Gasteiger partial charge in [0.2, 0.25) is 7.42 Å². The lowest BCUT2D eigenvalue weighted by atomic mass is 11.9. The van der Waals surface area contributed by atoms with Gasteiger partial charge in [-0.15, -0.1) is 44.3 Å². The van der Waals surface area contributed by atoms with Crippen molar-refractivity contribution in [2.45, 2.75) is 6.55 Å². The van der Waals surface area contributed by atoms with Crippen molar-refractivity contribution < 1.29 is 0 Å². The van der Waals surface area contributed by atoms with E-state index in [1.807, 2.05) is 6.55 Å². The lowest BCUT2D eigenvalue weighted by Crippen LogP contribution is -1.91. The lowest BCUT2D eigenvalue weighted by Gasteiger charge is -1.85. The number of hydrogen-bond acceptors (Lipinski definition) is 0. The van der Waals surface area contributed by atoms with Crippen LogP contribution in [0.25, 0.3) is 0 Å². The minimum atomic E-state index is -2.72. The van der Waals surface area contributed by atoms with Gasteiger partial charge in [0.15, 0.2) is 0 Å². The first-order valence-corrected chi connectivity index (χ1v) is 12.5. The molecule has 0 aliphatic heterocycles. The maximum absolute atomic E-state index is 5.18.